The Kier molecular flexibility index (Phi) is 2.78. The minimum absolute atomic E-state index is 0.178. The molecule has 78 valence electrons. The molecule has 3 heteroatoms. The number of halogens is 1. The van der Waals surface area contributed by atoms with E-state index < -0.39 is 0 Å². The Balaban J connectivity index is 2.24. The second kappa shape index (κ2) is 4.07. The molecule has 0 N–H and O–H groups in total. The molecule has 2 nitrogen and oxygen atoms in total. The largest absolute Gasteiger partial charge is 0.454 e. The predicted molar refractivity (Wildman–Crippen MR) is 58.4 cm³/mol. The van der Waals surface area contributed by atoms with E-state index >= 15 is 0 Å². The highest BCUT2D eigenvalue weighted by atomic mass is 35.5. The fraction of sp³-hybridized carbons (Fsp3) is 0.250. The highest BCUT2D eigenvalue weighted by molar-refractivity contribution is 6.31. The van der Waals surface area contributed by atoms with Gasteiger partial charge in [-0.3, -0.25) is 0 Å². The number of carbonyl (C=O) groups is 1. The maximum absolute atomic E-state index is 11.4. The summed E-state index contributed by atoms with van der Waals surface area (Å²) in [4.78, 5) is 11.4. The van der Waals surface area contributed by atoms with Gasteiger partial charge in [0, 0.05) is 11.5 Å². The minimum atomic E-state index is -0.295. The van der Waals surface area contributed by atoms with Gasteiger partial charge >= 0.3 is 5.97 Å². The molecule has 1 aromatic rings. The Morgan fingerprint density at radius 2 is 2.07 bits per heavy atom. The molecule has 0 spiro atoms. The first-order chi connectivity index (χ1) is 7.18. The quantitative estimate of drug-likeness (QED) is 0.539. The van der Waals surface area contributed by atoms with Gasteiger partial charge in [-0.05, 0) is 12.5 Å². The van der Waals surface area contributed by atoms with Crippen LogP contribution in [0.4, 0.5) is 0 Å². The first kappa shape index (κ1) is 10.2. The van der Waals surface area contributed by atoms with Crippen molar-refractivity contribution in [3.05, 3.63) is 46.5 Å². The molecule has 0 unspecified atom stereocenters. The van der Waals surface area contributed by atoms with E-state index in [-0.39, 0.29) is 12.1 Å². The summed E-state index contributed by atoms with van der Waals surface area (Å²) in [5, 5.41) is 0.526. The van der Waals surface area contributed by atoms with Crippen molar-refractivity contribution in [2.75, 3.05) is 0 Å². The Bertz CT molecular complexity index is 405. The van der Waals surface area contributed by atoms with Gasteiger partial charge in [0.2, 0.25) is 0 Å². The fourth-order valence-electron chi connectivity index (χ4n) is 1.65. The number of ether oxygens (including phenoxy) is 1. The average molecular weight is 223 g/mol. The second-order valence-corrected chi connectivity index (χ2v) is 4.09. The molecule has 0 saturated carbocycles. The maximum Gasteiger partial charge on any atom is 0.335 e. The summed E-state index contributed by atoms with van der Waals surface area (Å²) < 4.78 is 5.24. The number of hydrogen-bond donors (Lipinski definition) is 0. The van der Waals surface area contributed by atoms with Gasteiger partial charge in [0.1, 0.15) is 6.10 Å². The van der Waals surface area contributed by atoms with Crippen molar-refractivity contribution in [2.24, 2.45) is 0 Å². The summed E-state index contributed by atoms with van der Waals surface area (Å²) in [6, 6.07) is 9.69. The molecule has 15 heavy (non-hydrogen) atoms. The van der Waals surface area contributed by atoms with Crippen LogP contribution in [0, 0.1) is 0 Å². The van der Waals surface area contributed by atoms with Crippen LogP contribution in [0.25, 0.3) is 0 Å². The molecule has 0 radical (unpaired) electrons. The number of carbonyl (C=O) groups excluding carboxylic acids is 1. The van der Waals surface area contributed by atoms with Crippen LogP contribution in [0.2, 0.25) is 0 Å². The van der Waals surface area contributed by atoms with Gasteiger partial charge in [-0.15, -0.1) is 0 Å². The topological polar surface area (TPSA) is 26.3 Å². The highest BCUT2D eigenvalue weighted by Gasteiger charge is 2.31. The minimum Gasteiger partial charge on any atom is -0.454 e. The Hall–Kier alpha value is -1.28. The number of benzene rings is 1. The molecule has 2 rings (SSSR count). The normalized spacial score (nSPS) is 23.9. The lowest BCUT2D eigenvalue weighted by atomic mass is 10.0. The molecule has 1 aromatic carbocycles. The molecule has 1 aliphatic heterocycles. The molecule has 1 aliphatic rings. The fourth-order valence-corrected chi connectivity index (χ4v) is 1.80. The van der Waals surface area contributed by atoms with Gasteiger partial charge in [0.05, 0.1) is 5.57 Å². The Labute approximate surface area is 93.5 Å². The molecular formula is C12H11ClO2. The zero-order chi connectivity index (χ0) is 10.8. The van der Waals surface area contributed by atoms with E-state index in [0.717, 1.165) is 5.56 Å². The summed E-state index contributed by atoms with van der Waals surface area (Å²) >= 11 is 5.81. The van der Waals surface area contributed by atoms with Crippen LogP contribution < -0.4 is 0 Å². The van der Waals surface area contributed by atoms with Crippen molar-refractivity contribution in [3.8, 4) is 0 Å². The van der Waals surface area contributed by atoms with Crippen LogP contribution in [0.3, 0.4) is 0 Å². The van der Waals surface area contributed by atoms with Gasteiger partial charge in [0.15, 0.2) is 0 Å². The molecule has 1 saturated heterocycles. The molecular weight excluding hydrogens is 212 g/mol. The average Bonchev–Trinajstić information content (AvgIpc) is 2.62. The van der Waals surface area contributed by atoms with Crippen molar-refractivity contribution >= 4 is 17.6 Å². The third-order valence-electron chi connectivity index (χ3n) is 2.47. The van der Waals surface area contributed by atoms with Crippen LogP contribution in [-0.4, -0.2) is 5.97 Å². The van der Waals surface area contributed by atoms with E-state index in [9.17, 15) is 4.79 Å². The summed E-state index contributed by atoms with van der Waals surface area (Å²) in [5.74, 6) is -0.295. The molecule has 0 amide bonds. The Morgan fingerprint density at radius 1 is 1.40 bits per heavy atom. The van der Waals surface area contributed by atoms with E-state index in [1.165, 1.54) is 0 Å². The smallest absolute Gasteiger partial charge is 0.335 e. The number of allylic oxidation sites excluding steroid dienone is 1. The van der Waals surface area contributed by atoms with Crippen molar-refractivity contribution in [2.45, 2.75) is 19.4 Å². The molecule has 0 bridgehead atoms. The molecule has 1 fully saturated rings. The lowest BCUT2D eigenvalue weighted by Gasteiger charge is -2.07. The standard InChI is InChI=1S/C12H11ClO2/c1-8(13)10-7-11(15-12(10)14)9-5-3-2-4-6-9/h2-6,11H,7H2,1H3/b10-8-/t11-/m0/s1. The number of rotatable bonds is 1. The lowest BCUT2D eigenvalue weighted by molar-refractivity contribution is -0.139. The highest BCUT2D eigenvalue weighted by Crippen LogP contribution is 2.34. The van der Waals surface area contributed by atoms with Gasteiger partial charge in [-0.2, -0.15) is 0 Å². The second-order valence-electron chi connectivity index (χ2n) is 3.52. The van der Waals surface area contributed by atoms with Crippen molar-refractivity contribution in [3.63, 3.8) is 0 Å². The van der Waals surface area contributed by atoms with Crippen molar-refractivity contribution in [1.82, 2.24) is 0 Å². The van der Waals surface area contributed by atoms with Gasteiger partial charge in [0.25, 0.3) is 0 Å². The summed E-state index contributed by atoms with van der Waals surface area (Å²) in [6.07, 6.45) is 0.389. The van der Waals surface area contributed by atoms with Gasteiger partial charge in [-0.25, -0.2) is 4.79 Å². The van der Waals surface area contributed by atoms with E-state index in [1.54, 1.807) is 6.92 Å². The first-order valence-electron chi connectivity index (χ1n) is 4.79. The van der Waals surface area contributed by atoms with Crippen molar-refractivity contribution < 1.29 is 9.53 Å². The number of cyclic esters (lactones) is 1. The van der Waals surface area contributed by atoms with E-state index in [4.69, 9.17) is 16.3 Å². The number of hydrogen-bond acceptors (Lipinski definition) is 2. The maximum atomic E-state index is 11.4. The van der Waals surface area contributed by atoms with E-state index in [0.29, 0.717) is 17.0 Å². The molecule has 1 atom stereocenters. The van der Waals surface area contributed by atoms with Crippen molar-refractivity contribution in [1.29, 1.82) is 0 Å². The monoisotopic (exact) mass is 222 g/mol. The number of esters is 1. The van der Waals surface area contributed by atoms with Crippen LogP contribution in [0.5, 0.6) is 0 Å². The molecule has 0 aliphatic carbocycles. The van der Waals surface area contributed by atoms with Crippen LogP contribution in [0.15, 0.2) is 40.9 Å². The van der Waals surface area contributed by atoms with Crippen LogP contribution in [0.1, 0.15) is 25.0 Å². The molecule has 1 heterocycles. The van der Waals surface area contributed by atoms with Gasteiger partial charge < -0.3 is 4.74 Å². The van der Waals surface area contributed by atoms with Crippen LogP contribution in [-0.2, 0) is 9.53 Å². The first-order valence-corrected chi connectivity index (χ1v) is 5.17. The third-order valence-corrected chi connectivity index (χ3v) is 2.70. The van der Waals surface area contributed by atoms with Crippen LogP contribution >= 0.6 is 11.6 Å². The third kappa shape index (κ3) is 2.05. The van der Waals surface area contributed by atoms with E-state index in [1.807, 2.05) is 30.3 Å². The zero-order valence-corrected chi connectivity index (χ0v) is 9.12. The lowest BCUT2D eigenvalue weighted by Crippen LogP contribution is -1.98. The SMILES string of the molecule is C/C(Cl)=C1\C[C@@H](c2ccccc2)OC1=O. The summed E-state index contributed by atoms with van der Waals surface area (Å²) in [7, 11) is 0. The van der Waals surface area contributed by atoms with E-state index in [2.05, 4.69) is 0 Å². The summed E-state index contributed by atoms with van der Waals surface area (Å²) in [6.45, 7) is 1.71. The van der Waals surface area contributed by atoms with Gasteiger partial charge in [-0.1, -0.05) is 41.9 Å². The zero-order valence-electron chi connectivity index (χ0n) is 8.37. The molecule has 0 aromatic heterocycles. The summed E-state index contributed by atoms with van der Waals surface area (Å²) in [5.41, 5.74) is 1.60. The Morgan fingerprint density at radius 3 is 2.60 bits per heavy atom. The predicted octanol–water partition coefficient (Wildman–Crippen LogP) is 3.19.